The number of aliphatic hydroxyl groups excluding tert-OH is 1. The molecule has 100 valence electrons. The van der Waals surface area contributed by atoms with Crippen LogP contribution in [0.4, 0.5) is 5.69 Å². The van der Waals surface area contributed by atoms with Gasteiger partial charge < -0.3 is 10.4 Å². The van der Waals surface area contributed by atoms with Crippen molar-refractivity contribution in [2.75, 3.05) is 11.9 Å². The van der Waals surface area contributed by atoms with Gasteiger partial charge in [0.2, 0.25) is 5.91 Å². The largest absolute Gasteiger partial charge is 0.396 e. The van der Waals surface area contributed by atoms with E-state index in [-0.39, 0.29) is 12.5 Å². The maximum absolute atomic E-state index is 11.6. The van der Waals surface area contributed by atoms with Crippen LogP contribution >= 0.6 is 0 Å². The Bertz CT molecular complexity index is 567. The van der Waals surface area contributed by atoms with Crippen LogP contribution in [0, 0.1) is 6.92 Å². The van der Waals surface area contributed by atoms with Gasteiger partial charge in [-0.25, -0.2) is 0 Å². The SMILES string of the molecule is Cc1nnnn1-c1cccc(NC(=O)CCCO)c1. The second kappa shape index (κ2) is 6.05. The normalized spacial score (nSPS) is 10.4. The van der Waals surface area contributed by atoms with Crippen molar-refractivity contribution in [1.82, 2.24) is 20.2 Å². The van der Waals surface area contributed by atoms with Gasteiger partial charge in [0.25, 0.3) is 0 Å². The van der Waals surface area contributed by atoms with Crippen LogP contribution in [0.1, 0.15) is 18.7 Å². The Morgan fingerprint density at radius 3 is 3.00 bits per heavy atom. The van der Waals surface area contributed by atoms with Gasteiger partial charge in [-0.1, -0.05) is 6.07 Å². The van der Waals surface area contributed by atoms with Crippen molar-refractivity contribution in [3.63, 3.8) is 0 Å². The van der Waals surface area contributed by atoms with E-state index in [4.69, 9.17) is 5.11 Å². The fourth-order valence-electron chi connectivity index (χ4n) is 1.65. The molecular formula is C12H15N5O2. The Morgan fingerprint density at radius 2 is 2.32 bits per heavy atom. The molecule has 0 atom stereocenters. The zero-order valence-electron chi connectivity index (χ0n) is 10.6. The molecule has 0 spiro atoms. The zero-order chi connectivity index (χ0) is 13.7. The molecule has 19 heavy (non-hydrogen) atoms. The van der Waals surface area contributed by atoms with E-state index in [0.717, 1.165) is 5.69 Å². The van der Waals surface area contributed by atoms with Crippen molar-refractivity contribution >= 4 is 11.6 Å². The molecule has 0 unspecified atom stereocenters. The Kier molecular flexibility index (Phi) is 4.19. The molecule has 7 nitrogen and oxygen atoms in total. The summed E-state index contributed by atoms with van der Waals surface area (Å²) in [6.07, 6.45) is 0.752. The Labute approximate surface area is 110 Å². The third-order valence-corrected chi connectivity index (χ3v) is 2.56. The van der Waals surface area contributed by atoms with Crippen molar-refractivity contribution in [1.29, 1.82) is 0 Å². The summed E-state index contributed by atoms with van der Waals surface area (Å²) in [4.78, 5) is 11.6. The van der Waals surface area contributed by atoms with Crippen molar-refractivity contribution in [2.24, 2.45) is 0 Å². The average molecular weight is 261 g/mol. The first-order chi connectivity index (χ1) is 9.20. The van der Waals surface area contributed by atoms with E-state index in [1.54, 1.807) is 23.7 Å². The lowest BCUT2D eigenvalue weighted by Crippen LogP contribution is -2.12. The van der Waals surface area contributed by atoms with Crippen molar-refractivity contribution in [3.8, 4) is 5.69 Å². The minimum Gasteiger partial charge on any atom is -0.396 e. The number of amides is 1. The number of nitrogens with zero attached hydrogens (tertiary/aromatic N) is 4. The molecule has 0 fully saturated rings. The monoisotopic (exact) mass is 261 g/mol. The van der Waals surface area contributed by atoms with Crippen molar-refractivity contribution < 1.29 is 9.90 Å². The van der Waals surface area contributed by atoms with E-state index < -0.39 is 0 Å². The molecule has 0 aliphatic rings. The summed E-state index contributed by atoms with van der Waals surface area (Å²) in [5.41, 5.74) is 1.46. The van der Waals surface area contributed by atoms with E-state index in [0.29, 0.717) is 24.4 Å². The molecule has 0 aliphatic carbocycles. The lowest BCUT2D eigenvalue weighted by molar-refractivity contribution is -0.116. The van der Waals surface area contributed by atoms with Crippen LogP contribution in [0.15, 0.2) is 24.3 Å². The summed E-state index contributed by atoms with van der Waals surface area (Å²) < 4.78 is 1.59. The molecule has 1 heterocycles. The number of rotatable bonds is 5. The minimum atomic E-state index is -0.125. The van der Waals surface area contributed by atoms with Crippen LogP contribution in [-0.2, 0) is 4.79 Å². The Morgan fingerprint density at radius 1 is 1.47 bits per heavy atom. The first-order valence-corrected chi connectivity index (χ1v) is 5.97. The minimum absolute atomic E-state index is 0.0112. The Balaban J connectivity index is 2.12. The fourth-order valence-corrected chi connectivity index (χ4v) is 1.65. The van der Waals surface area contributed by atoms with E-state index in [1.807, 2.05) is 12.1 Å². The molecule has 2 N–H and O–H groups in total. The number of carbonyl (C=O) groups is 1. The van der Waals surface area contributed by atoms with Crippen LogP contribution in [0.2, 0.25) is 0 Å². The highest BCUT2D eigenvalue weighted by atomic mass is 16.3. The van der Waals surface area contributed by atoms with Crippen molar-refractivity contribution in [2.45, 2.75) is 19.8 Å². The van der Waals surface area contributed by atoms with Gasteiger partial charge >= 0.3 is 0 Å². The van der Waals surface area contributed by atoms with Gasteiger partial charge in [0.1, 0.15) is 0 Å². The van der Waals surface area contributed by atoms with Gasteiger partial charge in [0.15, 0.2) is 5.82 Å². The second-order valence-electron chi connectivity index (χ2n) is 4.06. The van der Waals surface area contributed by atoms with Gasteiger partial charge in [0, 0.05) is 18.7 Å². The second-order valence-corrected chi connectivity index (χ2v) is 4.06. The molecule has 0 saturated heterocycles. The first kappa shape index (κ1) is 13.2. The molecule has 7 heteroatoms. The smallest absolute Gasteiger partial charge is 0.224 e. The number of nitrogens with one attached hydrogen (secondary N) is 1. The standard InChI is InChI=1S/C12H15N5O2/c1-9-14-15-16-17(9)11-5-2-4-10(8-11)13-12(19)6-3-7-18/h2,4-5,8,18H,3,6-7H2,1H3,(H,13,19). The quantitative estimate of drug-likeness (QED) is 0.825. The third kappa shape index (κ3) is 3.35. The molecule has 0 aliphatic heterocycles. The van der Waals surface area contributed by atoms with Crippen LogP contribution in [0.3, 0.4) is 0 Å². The van der Waals surface area contributed by atoms with Gasteiger partial charge in [0.05, 0.1) is 5.69 Å². The van der Waals surface area contributed by atoms with Gasteiger partial charge in [-0.05, 0) is 42.0 Å². The van der Waals surface area contributed by atoms with Gasteiger partial charge in [-0.2, -0.15) is 4.68 Å². The molecule has 0 saturated carbocycles. The summed E-state index contributed by atoms with van der Waals surface area (Å²) in [6.45, 7) is 1.81. The lowest BCUT2D eigenvalue weighted by Gasteiger charge is -2.07. The van der Waals surface area contributed by atoms with Crippen molar-refractivity contribution in [3.05, 3.63) is 30.1 Å². The molecule has 2 rings (SSSR count). The number of aliphatic hydroxyl groups is 1. The first-order valence-electron chi connectivity index (χ1n) is 5.97. The number of hydrogen-bond donors (Lipinski definition) is 2. The van der Waals surface area contributed by atoms with Crippen LogP contribution < -0.4 is 5.32 Å². The summed E-state index contributed by atoms with van der Waals surface area (Å²) in [5.74, 6) is 0.545. The molecule has 1 amide bonds. The van der Waals surface area contributed by atoms with Crippen LogP contribution in [0.25, 0.3) is 5.69 Å². The molecule has 0 radical (unpaired) electrons. The zero-order valence-corrected chi connectivity index (χ0v) is 10.6. The van der Waals surface area contributed by atoms with E-state index in [1.165, 1.54) is 0 Å². The van der Waals surface area contributed by atoms with Crippen LogP contribution in [-0.4, -0.2) is 37.8 Å². The summed E-state index contributed by atoms with van der Waals surface area (Å²) >= 11 is 0. The number of aryl methyl sites for hydroxylation is 1. The summed E-state index contributed by atoms with van der Waals surface area (Å²) in [5, 5.41) is 22.7. The number of tetrazole rings is 1. The summed E-state index contributed by atoms with van der Waals surface area (Å²) in [6, 6.07) is 7.26. The number of aromatic nitrogens is 4. The number of carbonyl (C=O) groups excluding carboxylic acids is 1. The highest BCUT2D eigenvalue weighted by Gasteiger charge is 2.06. The van der Waals surface area contributed by atoms with Gasteiger partial charge in [-0.3, -0.25) is 4.79 Å². The van der Waals surface area contributed by atoms with E-state index in [9.17, 15) is 4.79 Å². The average Bonchev–Trinajstić information content (AvgIpc) is 2.83. The number of hydrogen-bond acceptors (Lipinski definition) is 5. The Hall–Kier alpha value is -2.28. The molecular weight excluding hydrogens is 246 g/mol. The molecule has 2 aromatic rings. The maximum Gasteiger partial charge on any atom is 0.224 e. The number of benzene rings is 1. The molecule has 1 aromatic carbocycles. The predicted molar refractivity (Wildman–Crippen MR) is 68.8 cm³/mol. The van der Waals surface area contributed by atoms with E-state index >= 15 is 0 Å². The topological polar surface area (TPSA) is 92.9 Å². The predicted octanol–water partition coefficient (Wildman–Crippen LogP) is 0.682. The molecule has 1 aromatic heterocycles. The fraction of sp³-hybridized carbons (Fsp3) is 0.333. The van der Waals surface area contributed by atoms with Gasteiger partial charge in [-0.15, -0.1) is 5.10 Å². The highest BCUT2D eigenvalue weighted by Crippen LogP contribution is 2.14. The lowest BCUT2D eigenvalue weighted by atomic mass is 10.2. The highest BCUT2D eigenvalue weighted by molar-refractivity contribution is 5.90. The number of anilines is 1. The van der Waals surface area contributed by atoms with Crippen LogP contribution in [0.5, 0.6) is 0 Å². The third-order valence-electron chi connectivity index (χ3n) is 2.56. The maximum atomic E-state index is 11.6. The summed E-state index contributed by atoms with van der Waals surface area (Å²) in [7, 11) is 0. The van der Waals surface area contributed by atoms with E-state index in [2.05, 4.69) is 20.8 Å². The molecule has 0 bridgehead atoms.